The predicted molar refractivity (Wildman–Crippen MR) is 68.8 cm³/mol. The molecule has 0 bridgehead atoms. The van der Waals surface area contributed by atoms with Crippen molar-refractivity contribution in [2.24, 2.45) is 0 Å². The Labute approximate surface area is 110 Å². The zero-order valence-electron chi connectivity index (χ0n) is 10.7. The number of anilines is 1. The molecule has 100 valence electrons. The second kappa shape index (κ2) is 5.51. The largest absolute Gasteiger partial charge is 0.496 e. The Balaban J connectivity index is 2.25. The first-order valence-electron chi connectivity index (χ1n) is 5.66. The van der Waals surface area contributed by atoms with E-state index in [0.717, 1.165) is 11.8 Å². The van der Waals surface area contributed by atoms with Crippen molar-refractivity contribution in [3.05, 3.63) is 41.8 Å². The van der Waals surface area contributed by atoms with Crippen molar-refractivity contribution in [2.45, 2.75) is 6.54 Å². The smallest absolute Gasteiger partial charge is 0.315 e. The molecule has 0 fully saturated rings. The Morgan fingerprint density at radius 1 is 1.37 bits per heavy atom. The van der Waals surface area contributed by atoms with Crippen LogP contribution in [-0.2, 0) is 6.54 Å². The van der Waals surface area contributed by atoms with E-state index in [1.165, 1.54) is 0 Å². The Kier molecular flexibility index (Phi) is 3.79. The van der Waals surface area contributed by atoms with Gasteiger partial charge in [0.1, 0.15) is 5.75 Å². The number of benzene rings is 1. The summed E-state index contributed by atoms with van der Waals surface area (Å²) in [5.74, 6) is 0.168. The SMILES string of the molecule is COc1ccccc1CN(C)c1nc(O)ncc1F. The third-order valence-electron chi connectivity index (χ3n) is 2.67. The zero-order chi connectivity index (χ0) is 13.8. The van der Waals surface area contributed by atoms with Crippen molar-refractivity contribution in [1.82, 2.24) is 9.97 Å². The second-order valence-electron chi connectivity index (χ2n) is 4.01. The van der Waals surface area contributed by atoms with Crippen LogP contribution < -0.4 is 9.64 Å². The van der Waals surface area contributed by atoms with Crippen molar-refractivity contribution in [3.8, 4) is 11.8 Å². The number of hydrogen-bond donors (Lipinski definition) is 1. The Hall–Kier alpha value is -2.37. The maximum absolute atomic E-state index is 13.6. The van der Waals surface area contributed by atoms with Crippen molar-refractivity contribution < 1.29 is 14.2 Å². The highest BCUT2D eigenvalue weighted by Gasteiger charge is 2.13. The number of halogens is 1. The zero-order valence-corrected chi connectivity index (χ0v) is 10.7. The van der Waals surface area contributed by atoms with Gasteiger partial charge in [-0.1, -0.05) is 18.2 Å². The van der Waals surface area contributed by atoms with Crippen LogP contribution in [0, 0.1) is 5.82 Å². The first-order valence-corrected chi connectivity index (χ1v) is 5.66. The highest BCUT2D eigenvalue weighted by atomic mass is 19.1. The maximum atomic E-state index is 13.6. The fourth-order valence-corrected chi connectivity index (χ4v) is 1.78. The van der Waals surface area contributed by atoms with Crippen LogP contribution in [-0.4, -0.2) is 29.2 Å². The van der Waals surface area contributed by atoms with E-state index in [4.69, 9.17) is 4.74 Å². The van der Waals surface area contributed by atoms with E-state index < -0.39 is 11.8 Å². The van der Waals surface area contributed by atoms with Gasteiger partial charge in [0.25, 0.3) is 0 Å². The molecule has 0 atom stereocenters. The van der Waals surface area contributed by atoms with E-state index in [9.17, 15) is 9.50 Å². The average molecular weight is 263 g/mol. The molecule has 0 aliphatic heterocycles. The molecule has 1 aromatic carbocycles. The summed E-state index contributed by atoms with van der Waals surface area (Å²) < 4.78 is 18.8. The second-order valence-corrected chi connectivity index (χ2v) is 4.01. The Morgan fingerprint density at radius 3 is 2.84 bits per heavy atom. The van der Waals surface area contributed by atoms with Gasteiger partial charge >= 0.3 is 6.01 Å². The Bertz CT molecular complexity index is 578. The van der Waals surface area contributed by atoms with Gasteiger partial charge in [-0.05, 0) is 6.07 Å². The third-order valence-corrected chi connectivity index (χ3v) is 2.67. The molecule has 1 heterocycles. The molecule has 6 heteroatoms. The molecule has 1 aromatic heterocycles. The molecule has 0 saturated heterocycles. The number of aromatic nitrogens is 2. The lowest BCUT2D eigenvalue weighted by atomic mass is 10.2. The van der Waals surface area contributed by atoms with Crippen molar-refractivity contribution in [3.63, 3.8) is 0 Å². The minimum absolute atomic E-state index is 0.0402. The van der Waals surface area contributed by atoms with Gasteiger partial charge in [0.05, 0.1) is 13.3 Å². The molecule has 1 N–H and O–H groups in total. The summed E-state index contributed by atoms with van der Waals surface area (Å²) in [6.45, 7) is 0.400. The fraction of sp³-hybridized carbons (Fsp3) is 0.231. The van der Waals surface area contributed by atoms with Crippen LogP contribution >= 0.6 is 0 Å². The third kappa shape index (κ3) is 2.90. The first kappa shape index (κ1) is 13.1. The summed E-state index contributed by atoms with van der Waals surface area (Å²) in [5, 5.41) is 9.21. The van der Waals surface area contributed by atoms with Gasteiger partial charge in [0, 0.05) is 19.2 Å². The van der Waals surface area contributed by atoms with Crippen LogP contribution in [0.4, 0.5) is 10.2 Å². The number of methoxy groups -OCH3 is 1. The van der Waals surface area contributed by atoms with E-state index in [1.807, 2.05) is 24.3 Å². The number of aromatic hydroxyl groups is 1. The van der Waals surface area contributed by atoms with Crippen LogP contribution in [0.2, 0.25) is 0 Å². The molecule has 19 heavy (non-hydrogen) atoms. The van der Waals surface area contributed by atoms with Gasteiger partial charge in [-0.25, -0.2) is 9.37 Å². The standard InChI is InChI=1S/C13H14FN3O2/c1-17(12-10(14)7-15-13(18)16-12)8-9-5-3-4-6-11(9)19-2/h3-7H,8H2,1-2H3,(H,15,16,18). The van der Waals surface area contributed by atoms with Gasteiger partial charge in [-0.3, -0.25) is 0 Å². The van der Waals surface area contributed by atoms with Crippen molar-refractivity contribution in [2.75, 3.05) is 19.1 Å². The molecule has 2 aromatic rings. The fourth-order valence-electron chi connectivity index (χ4n) is 1.78. The van der Waals surface area contributed by atoms with Gasteiger partial charge in [0.2, 0.25) is 0 Å². The van der Waals surface area contributed by atoms with Crippen LogP contribution in [0.5, 0.6) is 11.8 Å². The molecule has 0 amide bonds. The van der Waals surface area contributed by atoms with Gasteiger partial charge in [0.15, 0.2) is 11.6 Å². The van der Waals surface area contributed by atoms with Crippen LogP contribution in [0.25, 0.3) is 0 Å². The highest BCUT2D eigenvalue weighted by Crippen LogP contribution is 2.23. The van der Waals surface area contributed by atoms with Crippen molar-refractivity contribution >= 4 is 5.82 Å². The van der Waals surface area contributed by atoms with Crippen molar-refractivity contribution in [1.29, 1.82) is 0 Å². The lowest BCUT2D eigenvalue weighted by molar-refractivity contribution is 0.409. The van der Waals surface area contributed by atoms with Crippen LogP contribution in [0.1, 0.15) is 5.56 Å². The summed E-state index contributed by atoms with van der Waals surface area (Å²) in [4.78, 5) is 8.64. The summed E-state index contributed by atoms with van der Waals surface area (Å²) in [6.07, 6.45) is 0.941. The summed E-state index contributed by atoms with van der Waals surface area (Å²) in [5.41, 5.74) is 0.894. The lowest BCUT2D eigenvalue weighted by Crippen LogP contribution is -2.19. The summed E-state index contributed by atoms with van der Waals surface area (Å²) in [7, 11) is 3.26. The summed E-state index contributed by atoms with van der Waals surface area (Å²) >= 11 is 0. The quantitative estimate of drug-likeness (QED) is 0.913. The molecular weight excluding hydrogens is 249 g/mol. The average Bonchev–Trinajstić information content (AvgIpc) is 2.42. The van der Waals surface area contributed by atoms with E-state index in [1.54, 1.807) is 19.1 Å². The first-order chi connectivity index (χ1) is 9.11. The summed E-state index contributed by atoms with van der Waals surface area (Å²) in [6, 6.07) is 6.99. The van der Waals surface area contributed by atoms with Crippen LogP contribution in [0.15, 0.2) is 30.5 Å². The molecule has 0 saturated carbocycles. The van der Waals surface area contributed by atoms with E-state index in [2.05, 4.69) is 9.97 Å². The molecular formula is C13H14FN3O2. The molecule has 0 aliphatic carbocycles. The highest BCUT2D eigenvalue weighted by molar-refractivity contribution is 5.42. The molecule has 0 radical (unpaired) electrons. The topological polar surface area (TPSA) is 58.5 Å². The molecule has 0 unspecified atom stereocenters. The van der Waals surface area contributed by atoms with E-state index in [-0.39, 0.29) is 5.82 Å². The van der Waals surface area contributed by atoms with Gasteiger partial charge < -0.3 is 14.7 Å². The monoisotopic (exact) mass is 263 g/mol. The molecule has 0 spiro atoms. The predicted octanol–water partition coefficient (Wildman–Crippen LogP) is 1.97. The molecule has 0 aliphatic rings. The number of para-hydroxylation sites is 1. The maximum Gasteiger partial charge on any atom is 0.315 e. The van der Waals surface area contributed by atoms with Gasteiger partial charge in [-0.2, -0.15) is 4.98 Å². The molecule has 5 nitrogen and oxygen atoms in total. The normalized spacial score (nSPS) is 10.3. The Morgan fingerprint density at radius 2 is 2.11 bits per heavy atom. The lowest BCUT2D eigenvalue weighted by Gasteiger charge is -2.19. The van der Waals surface area contributed by atoms with Gasteiger partial charge in [-0.15, -0.1) is 0 Å². The number of nitrogens with zero attached hydrogens (tertiary/aromatic N) is 3. The van der Waals surface area contributed by atoms with Crippen LogP contribution in [0.3, 0.4) is 0 Å². The van der Waals surface area contributed by atoms with E-state index in [0.29, 0.717) is 12.3 Å². The number of hydrogen-bond acceptors (Lipinski definition) is 5. The minimum Gasteiger partial charge on any atom is -0.496 e. The minimum atomic E-state index is -0.588. The number of ether oxygens (including phenoxy) is 1. The van der Waals surface area contributed by atoms with E-state index >= 15 is 0 Å². The number of rotatable bonds is 4. The molecule has 2 rings (SSSR count).